The van der Waals surface area contributed by atoms with E-state index >= 15 is 0 Å². The smallest absolute Gasteiger partial charge is 0.266 e. The zero-order valence-corrected chi connectivity index (χ0v) is 9.13. The first-order chi connectivity index (χ1) is 7.81. The van der Waals surface area contributed by atoms with Gasteiger partial charge in [0.1, 0.15) is 5.69 Å². The van der Waals surface area contributed by atoms with Crippen molar-refractivity contribution in [1.29, 1.82) is 0 Å². The predicted octanol–water partition coefficient (Wildman–Crippen LogP) is 1.72. The second-order valence-corrected chi connectivity index (χ2v) is 3.49. The molecule has 0 aliphatic rings. The van der Waals surface area contributed by atoms with Crippen molar-refractivity contribution in [2.45, 2.75) is 19.9 Å². The third-order valence-corrected chi connectivity index (χ3v) is 2.23. The Morgan fingerprint density at radius 2 is 2.06 bits per heavy atom. The van der Waals surface area contributed by atoms with Crippen molar-refractivity contribution < 1.29 is 0 Å². The van der Waals surface area contributed by atoms with Crippen molar-refractivity contribution in [3.05, 3.63) is 46.9 Å². The van der Waals surface area contributed by atoms with Crippen molar-refractivity contribution in [1.82, 2.24) is 14.8 Å². The lowest BCUT2D eigenvalue weighted by molar-refractivity contribution is 0.570. The molecule has 0 bridgehead atoms. The van der Waals surface area contributed by atoms with Crippen LogP contribution in [0.1, 0.15) is 13.3 Å². The molecule has 0 aliphatic carbocycles. The molecule has 16 heavy (non-hydrogen) atoms. The lowest BCUT2D eigenvalue weighted by atomic mass is 10.2. The molecular weight excluding hydrogens is 202 g/mol. The van der Waals surface area contributed by atoms with Gasteiger partial charge in [0, 0.05) is 18.8 Å². The van der Waals surface area contributed by atoms with Crippen molar-refractivity contribution in [2.24, 2.45) is 0 Å². The van der Waals surface area contributed by atoms with Gasteiger partial charge in [-0.3, -0.25) is 9.78 Å². The van der Waals surface area contributed by atoms with E-state index in [-0.39, 0.29) is 5.56 Å². The van der Waals surface area contributed by atoms with E-state index in [1.165, 1.54) is 10.7 Å². The number of rotatable bonds is 3. The van der Waals surface area contributed by atoms with Gasteiger partial charge >= 0.3 is 0 Å². The summed E-state index contributed by atoms with van der Waals surface area (Å²) in [5, 5.41) is 4.27. The van der Waals surface area contributed by atoms with E-state index in [0.717, 1.165) is 17.8 Å². The maximum atomic E-state index is 11.5. The van der Waals surface area contributed by atoms with Crippen LogP contribution in [0, 0.1) is 0 Å². The van der Waals surface area contributed by atoms with Gasteiger partial charge in [0.05, 0.1) is 5.69 Å². The molecule has 0 saturated heterocycles. The summed E-state index contributed by atoms with van der Waals surface area (Å²) in [7, 11) is 0. The minimum atomic E-state index is -0.0680. The molecule has 0 N–H and O–H groups in total. The third kappa shape index (κ3) is 2.16. The highest BCUT2D eigenvalue weighted by Gasteiger charge is 2.02. The zero-order valence-electron chi connectivity index (χ0n) is 9.13. The maximum absolute atomic E-state index is 11.5. The van der Waals surface area contributed by atoms with Crippen LogP contribution in [0.15, 0.2) is 41.3 Å². The highest BCUT2D eigenvalue weighted by atomic mass is 16.1. The summed E-state index contributed by atoms with van der Waals surface area (Å²) in [5.74, 6) is 0. The van der Waals surface area contributed by atoms with Crippen molar-refractivity contribution in [2.75, 3.05) is 0 Å². The standard InChI is InChI=1S/C12H13N3O/c1-2-9-15-12(16)7-6-11(14-15)10-5-3-4-8-13-10/h3-8H,2,9H2,1H3. The fourth-order valence-electron chi connectivity index (χ4n) is 1.47. The minimum absolute atomic E-state index is 0.0680. The van der Waals surface area contributed by atoms with Gasteiger partial charge in [-0.15, -0.1) is 0 Å². The number of hydrogen-bond acceptors (Lipinski definition) is 3. The van der Waals surface area contributed by atoms with Crippen LogP contribution >= 0.6 is 0 Å². The summed E-state index contributed by atoms with van der Waals surface area (Å²) >= 11 is 0. The van der Waals surface area contributed by atoms with Crippen LogP contribution in [0.3, 0.4) is 0 Å². The van der Waals surface area contributed by atoms with Crippen LogP contribution in [-0.2, 0) is 6.54 Å². The quantitative estimate of drug-likeness (QED) is 0.783. The fourth-order valence-corrected chi connectivity index (χ4v) is 1.47. The molecule has 0 unspecified atom stereocenters. The molecule has 0 aliphatic heterocycles. The first kappa shape index (κ1) is 10.5. The van der Waals surface area contributed by atoms with Crippen LogP contribution in [0.25, 0.3) is 11.4 Å². The third-order valence-electron chi connectivity index (χ3n) is 2.23. The summed E-state index contributed by atoms with van der Waals surface area (Å²) in [6, 6.07) is 8.87. The van der Waals surface area contributed by atoms with Gasteiger partial charge in [0.15, 0.2) is 0 Å². The summed E-state index contributed by atoms with van der Waals surface area (Å²) in [4.78, 5) is 15.7. The second kappa shape index (κ2) is 4.70. The molecule has 2 heterocycles. The molecule has 2 aromatic heterocycles. The molecular formula is C12H13N3O. The average Bonchev–Trinajstić information content (AvgIpc) is 2.33. The summed E-state index contributed by atoms with van der Waals surface area (Å²) in [6.07, 6.45) is 2.60. The Kier molecular flexibility index (Phi) is 3.10. The normalized spacial score (nSPS) is 10.3. The lowest BCUT2D eigenvalue weighted by Gasteiger charge is -2.04. The highest BCUT2D eigenvalue weighted by Crippen LogP contribution is 2.10. The molecule has 82 valence electrons. The molecule has 2 aromatic rings. The molecule has 4 heteroatoms. The van der Waals surface area contributed by atoms with E-state index in [4.69, 9.17) is 0 Å². The predicted molar refractivity (Wildman–Crippen MR) is 62.0 cm³/mol. The van der Waals surface area contributed by atoms with Crippen LogP contribution in [-0.4, -0.2) is 14.8 Å². The minimum Gasteiger partial charge on any atom is -0.268 e. The Hall–Kier alpha value is -1.97. The largest absolute Gasteiger partial charge is 0.268 e. The summed E-state index contributed by atoms with van der Waals surface area (Å²) in [5.41, 5.74) is 1.45. The van der Waals surface area contributed by atoms with Crippen LogP contribution in [0.5, 0.6) is 0 Å². The topological polar surface area (TPSA) is 47.8 Å². The van der Waals surface area contributed by atoms with Crippen molar-refractivity contribution in [3.63, 3.8) is 0 Å². The Morgan fingerprint density at radius 3 is 2.75 bits per heavy atom. The molecule has 0 saturated carbocycles. The molecule has 0 radical (unpaired) electrons. The van der Waals surface area contributed by atoms with E-state index in [9.17, 15) is 4.79 Å². The Morgan fingerprint density at radius 1 is 1.19 bits per heavy atom. The van der Waals surface area contributed by atoms with E-state index in [1.54, 1.807) is 12.3 Å². The van der Waals surface area contributed by atoms with Gasteiger partial charge < -0.3 is 0 Å². The number of aromatic nitrogens is 3. The second-order valence-electron chi connectivity index (χ2n) is 3.49. The molecule has 0 aromatic carbocycles. The maximum Gasteiger partial charge on any atom is 0.266 e. The van der Waals surface area contributed by atoms with Crippen LogP contribution in [0.2, 0.25) is 0 Å². The summed E-state index contributed by atoms with van der Waals surface area (Å²) < 4.78 is 1.48. The van der Waals surface area contributed by atoms with E-state index in [0.29, 0.717) is 6.54 Å². The van der Waals surface area contributed by atoms with Crippen LogP contribution < -0.4 is 5.56 Å². The zero-order chi connectivity index (χ0) is 11.4. The first-order valence-electron chi connectivity index (χ1n) is 5.31. The first-order valence-corrected chi connectivity index (χ1v) is 5.31. The average molecular weight is 215 g/mol. The van der Waals surface area contributed by atoms with Gasteiger partial charge in [0.2, 0.25) is 0 Å². The van der Waals surface area contributed by atoms with Crippen LogP contribution in [0.4, 0.5) is 0 Å². The van der Waals surface area contributed by atoms with Gasteiger partial charge in [-0.25, -0.2) is 4.68 Å². The van der Waals surface area contributed by atoms with Gasteiger partial charge in [-0.1, -0.05) is 13.0 Å². The monoisotopic (exact) mass is 215 g/mol. The summed E-state index contributed by atoms with van der Waals surface area (Å²) in [6.45, 7) is 2.65. The van der Waals surface area contributed by atoms with Gasteiger partial charge in [-0.2, -0.15) is 5.10 Å². The molecule has 2 rings (SSSR count). The Bertz CT molecular complexity index is 519. The van der Waals surface area contributed by atoms with Gasteiger partial charge in [0.25, 0.3) is 5.56 Å². The van der Waals surface area contributed by atoms with Crippen molar-refractivity contribution in [3.8, 4) is 11.4 Å². The Balaban J connectivity index is 2.44. The highest BCUT2D eigenvalue weighted by molar-refractivity contribution is 5.52. The number of nitrogens with zero attached hydrogens (tertiary/aromatic N) is 3. The lowest BCUT2D eigenvalue weighted by Crippen LogP contribution is -2.22. The van der Waals surface area contributed by atoms with E-state index in [1.807, 2.05) is 25.1 Å². The number of aryl methyl sites for hydroxylation is 1. The fraction of sp³-hybridized carbons (Fsp3) is 0.250. The van der Waals surface area contributed by atoms with E-state index < -0.39 is 0 Å². The van der Waals surface area contributed by atoms with Crippen molar-refractivity contribution >= 4 is 0 Å². The number of pyridine rings is 1. The molecule has 0 fully saturated rings. The molecule has 0 atom stereocenters. The Labute approximate surface area is 93.6 Å². The number of hydrogen-bond donors (Lipinski definition) is 0. The molecule has 4 nitrogen and oxygen atoms in total. The molecule has 0 amide bonds. The molecule has 0 spiro atoms. The SMILES string of the molecule is CCCn1nc(-c2ccccn2)ccc1=O. The van der Waals surface area contributed by atoms with Gasteiger partial charge in [-0.05, 0) is 24.6 Å². The van der Waals surface area contributed by atoms with E-state index in [2.05, 4.69) is 10.1 Å².